The number of hydrogen-bond acceptors (Lipinski definition) is 4. The molecule has 0 fully saturated rings. The van der Waals surface area contributed by atoms with E-state index < -0.39 is 21.9 Å². The molecule has 0 aromatic heterocycles. The summed E-state index contributed by atoms with van der Waals surface area (Å²) in [4.78, 5) is 0. The summed E-state index contributed by atoms with van der Waals surface area (Å²) in [6.07, 6.45) is -0.154. The van der Waals surface area contributed by atoms with E-state index >= 15 is 0 Å². The minimum atomic E-state index is -3.53. The maximum absolute atomic E-state index is 11.0. The van der Waals surface area contributed by atoms with Gasteiger partial charge in [-0.15, -0.1) is 0 Å². The lowest BCUT2D eigenvalue weighted by molar-refractivity contribution is 0.152. The predicted octanol–water partition coefficient (Wildman–Crippen LogP) is -0.164. The fraction of sp³-hybridized carbons (Fsp3) is 0.875. The first-order chi connectivity index (χ1) is 6.37. The molecule has 0 aromatic rings. The summed E-state index contributed by atoms with van der Waals surface area (Å²) in [5.74, 6) is -0.257. The van der Waals surface area contributed by atoms with Crippen LogP contribution >= 0.6 is 0 Å². The van der Waals surface area contributed by atoms with Crippen LogP contribution in [0, 0.1) is 17.2 Å². The quantitative estimate of drug-likeness (QED) is 0.650. The largest absolute Gasteiger partial charge is 0.392 e. The Hall–Kier alpha value is -0.640. The number of sulfonamides is 1. The van der Waals surface area contributed by atoms with Crippen molar-refractivity contribution in [3.8, 4) is 6.07 Å². The molecular formula is C8H16N2O3S. The van der Waals surface area contributed by atoms with Crippen molar-refractivity contribution < 1.29 is 13.5 Å². The van der Waals surface area contributed by atoms with E-state index in [1.165, 1.54) is 0 Å². The van der Waals surface area contributed by atoms with Gasteiger partial charge in [-0.25, -0.2) is 13.1 Å². The van der Waals surface area contributed by atoms with Gasteiger partial charge in [-0.3, -0.25) is 0 Å². The van der Waals surface area contributed by atoms with Gasteiger partial charge in [-0.05, 0) is 12.3 Å². The molecule has 5 nitrogen and oxygen atoms in total. The minimum Gasteiger partial charge on any atom is -0.392 e. The Kier molecular flexibility index (Phi) is 5.69. The monoisotopic (exact) mass is 220 g/mol. The SMILES string of the molecule is CC(C)CC(O)CNS(=O)(=O)CC#N. The average molecular weight is 220 g/mol. The fourth-order valence-electron chi connectivity index (χ4n) is 0.987. The van der Waals surface area contributed by atoms with Crippen molar-refractivity contribution in [1.82, 2.24) is 4.72 Å². The van der Waals surface area contributed by atoms with Gasteiger partial charge < -0.3 is 5.11 Å². The lowest BCUT2D eigenvalue weighted by atomic mass is 10.1. The normalized spacial score (nSPS) is 13.9. The summed E-state index contributed by atoms with van der Waals surface area (Å²) in [5.41, 5.74) is 0. The van der Waals surface area contributed by atoms with Crippen molar-refractivity contribution in [3.05, 3.63) is 0 Å². The van der Waals surface area contributed by atoms with Crippen molar-refractivity contribution in [2.24, 2.45) is 5.92 Å². The molecule has 0 aliphatic rings. The van der Waals surface area contributed by atoms with Crippen LogP contribution in [0.25, 0.3) is 0 Å². The van der Waals surface area contributed by atoms with Gasteiger partial charge in [0.15, 0.2) is 5.75 Å². The number of nitrogens with zero attached hydrogens (tertiary/aromatic N) is 1. The summed E-state index contributed by atoms with van der Waals surface area (Å²) in [6.45, 7) is 3.85. The molecule has 6 heteroatoms. The molecule has 0 heterocycles. The minimum absolute atomic E-state index is 0.0256. The second-order valence-electron chi connectivity index (χ2n) is 3.55. The third-order valence-electron chi connectivity index (χ3n) is 1.54. The van der Waals surface area contributed by atoms with Crippen LogP contribution < -0.4 is 4.72 Å². The molecule has 0 spiro atoms. The molecule has 82 valence electrons. The lowest BCUT2D eigenvalue weighted by Crippen LogP contribution is -2.34. The molecule has 14 heavy (non-hydrogen) atoms. The van der Waals surface area contributed by atoms with Crippen LogP contribution in [0.4, 0.5) is 0 Å². The number of hydrogen-bond donors (Lipinski definition) is 2. The van der Waals surface area contributed by atoms with E-state index in [4.69, 9.17) is 5.26 Å². The van der Waals surface area contributed by atoms with E-state index in [1.54, 1.807) is 6.07 Å². The maximum Gasteiger partial charge on any atom is 0.225 e. The summed E-state index contributed by atoms with van der Waals surface area (Å²) in [7, 11) is -3.53. The van der Waals surface area contributed by atoms with Crippen molar-refractivity contribution in [1.29, 1.82) is 5.26 Å². The molecule has 2 N–H and O–H groups in total. The standard InChI is InChI=1S/C8H16N2O3S/c1-7(2)5-8(11)6-10-14(12,13)4-3-9/h7-8,10-11H,4-6H2,1-2H3. The molecule has 0 radical (unpaired) electrons. The van der Waals surface area contributed by atoms with E-state index in [0.717, 1.165) is 0 Å². The third kappa shape index (κ3) is 6.83. The Balaban J connectivity index is 3.89. The Morgan fingerprint density at radius 2 is 2.07 bits per heavy atom. The number of aliphatic hydroxyl groups excluding tert-OH is 1. The van der Waals surface area contributed by atoms with Crippen LogP contribution in [0.2, 0.25) is 0 Å². The Morgan fingerprint density at radius 3 is 2.50 bits per heavy atom. The summed E-state index contributed by atoms with van der Waals surface area (Å²) >= 11 is 0. The van der Waals surface area contributed by atoms with Crippen molar-refractivity contribution in [2.45, 2.75) is 26.4 Å². The van der Waals surface area contributed by atoms with Gasteiger partial charge in [0.1, 0.15) is 0 Å². The Bertz CT molecular complexity index is 292. The van der Waals surface area contributed by atoms with Crippen molar-refractivity contribution >= 4 is 10.0 Å². The average Bonchev–Trinajstić information content (AvgIpc) is 2.00. The highest BCUT2D eigenvalue weighted by Gasteiger charge is 2.13. The second kappa shape index (κ2) is 5.96. The highest BCUT2D eigenvalue weighted by molar-refractivity contribution is 7.89. The van der Waals surface area contributed by atoms with Gasteiger partial charge >= 0.3 is 0 Å². The maximum atomic E-state index is 11.0. The smallest absolute Gasteiger partial charge is 0.225 e. The summed E-state index contributed by atoms with van der Waals surface area (Å²) < 4.78 is 24.1. The highest BCUT2D eigenvalue weighted by atomic mass is 32.2. The van der Waals surface area contributed by atoms with Gasteiger partial charge in [0.2, 0.25) is 10.0 Å². The molecule has 0 bridgehead atoms. The van der Waals surface area contributed by atoms with Gasteiger partial charge in [0, 0.05) is 6.54 Å². The van der Waals surface area contributed by atoms with Crippen molar-refractivity contribution in [3.63, 3.8) is 0 Å². The Morgan fingerprint density at radius 1 is 1.50 bits per heavy atom. The molecule has 0 amide bonds. The van der Waals surface area contributed by atoms with Crippen LogP contribution in [0.1, 0.15) is 20.3 Å². The van der Waals surface area contributed by atoms with E-state index in [9.17, 15) is 13.5 Å². The highest BCUT2D eigenvalue weighted by Crippen LogP contribution is 2.03. The topological polar surface area (TPSA) is 90.2 Å². The Labute approximate surface area is 84.8 Å². The molecule has 1 unspecified atom stereocenters. The molecule has 1 atom stereocenters. The second-order valence-corrected chi connectivity index (χ2v) is 5.36. The molecule has 0 rings (SSSR count). The molecule has 0 aliphatic carbocycles. The van der Waals surface area contributed by atoms with E-state index in [2.05, 4.69) is 4.72 Å². The zero-order valence-corrected chi connectivity index (χ0v) is 9.21. The lowest BCUT2D eigenvalue weighted by Gasteiger charge is -2.12. The van der Waals surface area contributed by atoms with E-state index in [-0.39, 0.29) is 6.54 Å². The predicted molar refractivity (Wildman–Crippen MR) is 52.9 cm³/mol. The number of rotatable bonds is 6. The third-order valence-corrected chi connectivity index (χ3v) is 2.65. The van der Waals surface area contributed by atoms with Gasteiger partial charge in [-0.2, -0.15) is 5.26 Å². The fourth-order valence-corrected chi connectivity index (χ4v) is 1.70. The first-order valence-corrected chi connectivity index (χ1v) is 6.05. The molecule has 0 aromatic carbocycles. The number of nitriles is 1. The molecular weight excluding hydrogens is 204 g/mol. The van der Waals surface area contributed by atoms with Crippen molar-refractivity contribution in [2.75, 3.05) is 12.3 Å². The first-order valence-electron chi connectivity index (χ1n) is 4.39. The van der Waals surface area contributed by atoms with Crippen LogP contribution in [-0.2, 0) is 10.0 Å². The zero-order chi connectivity index (χ0) is 11.2. The van der Waals surface area contributed by atoms with Gasteiger partial charge in [-0.1, -0.05) is 13.8 Å². The van der Waals surface area contributed by atoms with Gasteiger partial charge in [0.05, 0.1) is 12.2 Å². The van der Waals surface area contributed by atoms with Gasteiger partial charge in [0.25, 0.3) is 0 Å². The summed E-state index contributed by atoms with van der Waals surface area (Å²) in [5, 5.41) is 17.5. The van der Waals surface area contributed by atoms with Crippen LogP contribution in [0.5, 0.6) is 0 Å². The zero-order valence-electron chi connectivity index (χ0n) is 8.40. The van der Waals surface area contributed by atoms with Crippen LogP contribution in [0.15, 0.2) is 0 Å². The molecule has 0 saturated carbocycles. The number of nitrogens with one attached hydrogen (secondary N) is 1. The van der Waals surface area contributed by atoms with Crippen LogP contribution in [-0.4, -0.2) is 31.9 Å². The van der Waals surface area contributed by atoms with E-state index in [1.807, 2.05) is 13.8 Å². The number of aliphatic hydroxyl groups is 1. The molecule has 0 saturated heterocycles. The van der Waals surface area contributed by atoms with Crippen LogP contribution in [0.3, 0.4) is 0 Å². The molecule has 0 aliphatic heterocycles. The first kappa shape index (κ1) is 13.4. The summed E-state index contributed by atoms with van der Waals surface area (Å²) in [6, 6.07) is 1.54. The van der Waals surface area contributed by atoms with E-state index in [0.29, 0.717) is 12.3 Å².